The fourth-order valence-corrected chi connectivity index (χ4v) is 2.19. The van der Waals surface area contributed by atoms with Crippen molar-refractivity contribution >= 4 is 17.2 Å². The predicted molar refractivity (Wildman–Crippen MR) is 58.2 cm³/mol. The molecule has 0 atom stereocenters. The summed E-state index contributed by atoms with van der Waals surface area (Å²) < 4.78 is 1.66. The van der Waals surface area contributed by atoms with Crippen LogP contribution in [0.2, 0.25) is 0 Å². The second-order valence-corrected chi connectivity index (χ2v) is 4.62. The number of hydrogen-bond donors (Lipinski definition) is 1. The third kappa shape index (κ3) is 1.39. The quantitative estimate of drug-likeness (QED) is 0.776. The monoisotopic (exact) mass is 208 g/mol. The van der Waals surface area contributed by atoms with Gasteiger partial charge in [-0.15, -0.1) is 11.3 Å². The summed E-state index contributed by atoms with van der Waals surface area (Å²) in [4.78, 5) is 5.60. The van der Waals surface area contributed by atoms with Gasteiger partial charge in [0.25, 0.3) is 0 Å². The highest BCUT2D eigenvalue weighted by Crippen LogP contribution is 2.26. The van der Waals surface area contributed by atoms with Crippen LogP contribution in [0.1, 0.15) is 9.88 Å². The van der Waals surface area contributed by atoms with Crippen LogP contribution in [0.25, 0.3) is 11.4 Å². The molecule has 0 radical (unpaired) electrons. The lowest BCUT2D eigenvalue weighted by Crippen LogP contribution is -1.96. The number of anilines is 1. The molecule has 0 saturated carbocycles. The zero-order valence-corrected chi connectivity index (χ0v) is 9.22. The van der Waals surface area contributed by atoms with Gasteiger partial charge in [-0.1, -0.05) is 0 Å². The van der Waals surface area contributed by atoms with Crippen molar-refractivity contribution in [3.63, 3.8) is 0 Å². The van der Waals surface area contributed by atoms with E-state index in [-0.39, 0.29) is 0 Å². The minimum absolute atomic E-state index is 0.657. The first-order valence-electron chi connectivity index (χ1n) is 4.32. The fraction of sp³-hybridized carbons (Fsp3) is 0.333. The summed E-state index contributed by atoms with van der Waals surface area (Å²) in [5.41, 5.74) is 7.51. The van der Waals surface area contributed by atoms with E-state index in [9.17, 15) is 0 Å². The lowest BCUT2D eigenvalue weighted by Gasteiger charge is -1.90. The topological polar surface area (TPSA) is 56.7 Å². The van der Waals surface area contributed by atoms with Crippen LogP contribution < -0.4 is 5.73 Å². The first-order valence-corrected chi connectivity index (χ1v) is 5.13. The van der Waals surface area contributed by atoms with Crippen LogP contribution in [0.4, 0.5) is 5.82 Å². The van der Waals surface area contributed by atoms with E-state index in [1.165, 1.54) is 4.88 Å². The number of hydrogen-bond acceptors (Lipinski definition) is 4. The van der Waals surface area contributed by atoms with E-state index >= 15 is 0 Å². The summed E-state index contributed by atoms with van der Waals surface area (Å²) in [5, 5.41) is 5.35. The first-order chi connectivity index (χ1) is 6.58. The molecule has 0 aromatic carbocycles. The molecule has 0 amide bonds. The van der Waals surface area contributed by atoms with Gasteiger partial charge in [0, 0.05) is 18.0 Å². The highest BCUT2D eigenvalue weighted by molar-refractivity contribution is 7.11. The Kier molecular flexibility index (Phi) is 2.03. The summed E-state index contributed by atoms with van der Waals surface area (Å²) in [7, 11) is 1.83. The maximum atomic E-state index is 5.71. The van der Waals surface area contributed by atoms with Crippen molar-refractivity contribution in [2.24, 2.45) is 7.05 Å². The van der Waals surface area contributed by atoms with Crippen molar-refractivity contribution in [2.75, 3.05) is 5.73 Å². The zero-order valence-electron chi connectivity index (χ0n) is 8.40. The molecular weight excluding hydrogens is 196 g/mol. The Balaban J connectivity index is 2.54. The maximum absolute atomic E-state index is 5.71. The molecule has 2 aromatic heterocycles. The Morgan fingerprint density at radius 1 is 1.43 bits per heavy atom. The van der Waals surface area contributed by atoms with E-state index in [0.29, 0.717) is 5.82 Å². The molecule has 0 bridgehead atoms. The van der Waals surface area contributed by atoms with Crippen LogP contribution in [0, 0.1) is 13.8 Å². The molecule has 4 nitrogen and oxygen atoms in total. The van der Waals surface area contributed by atoms with Crippen molar-refractivity contribution in [1.29, 1.82) is 0 Å². The van der Waals surface area contributed by atoms with Gasteiger partial charge in [-0.05, 0) is 13.8 Å². The van der Waals surface area contributed by atoms with Gasteiger partial charge in [-0.25, -0.2) is 4.98 Å². The fourth-order valence-electron chi connectivity index (χ4n) is 1.36. The van der Waals surface area contributed by atoms with E-state index in [1.54, 1.807) is 16.0 Å². The summed E-state index contributed by atoms with van der Waals surface area (Å²) in [5.74, 6) is 0.657. The molecule has 74 valence electrons. The van der Waals surface area contributed by atoms with Crippen LogP contribution >= 0.6 is 11.3 Å². The number of aromatic nitrogens is 3. The second-order valence-electron chi connectivity index (χ2n) is 3.22. The molecule has 2 aromatic rings. The number of nitrogens with zero attached hydrogens (tertiary/aromatic N) is 3. The van der Waals surface area contributed by atoms with Crippen LogP contribution in [0.3, 0.4) is 0 Å². The second kappa shape index (κ2) is 3.09. The summed E-state index contributed by atoms with van der Waals surface area (Å²) in [6.07, 6.45) is 0. The van der Waals surface area contributed by atoms with Crippen molar-refractivity contribution < 1.29 is 0 Å². The Bertz CT molecular complexity index is 450. The van der Waals surface area contributed by atoms with E-state index in [1.807, 2.05) is 27.0 Å². The average molecular weight is 208 g/mol. The normalized spacial score (nSPS) is 10.8. The number of rotatable bonds is 1. The van der Waals surface area contributed by atoms with Crippen LogP contribution in [0.5, 0.6) is 0 Å². The van der Waals surface area contributed by atoms with Crippen molar-refractivity contribution in [1.82, 2.24) is 14.8 Å². The number of aryl methyl sites for hydroxylation is 3. The maximum Gasteiger partial charge on any atom is 0.122 e. The molecule has 0 saturated heterocycles. The number of nitrogen functional groups attached to an aromatic ring is 1. The molecule has 0 spiro atoms. The standard InChI is InChI=1S/C9H12N4S/c1-5-9(11-6(2)14-5)7-4-8(10)13(3)12-7/h4H,10H2,1-3H3. The predicted octanol–water partition coefficient (Wildman–Crippen LogP) is 1.74. The minimum Gasteiger partial charge on any atom is -0.384 e. The van der Waals surface area contributed by atoms with Gasteiger partial charge >= 0.3 is 0 Å². The number of nitrogens with two attached hydrogens (primary N) is 1. The van der Waals surface area contributed by atoms with Crippen molar-refractivity contribution in [3.8, 4) is 11.4 Å². The molecule has 2 N–H and O–H groups in total. The molecule has 0 aliphatic rings. The van der Waals surface area contributed by atoms with Gasteiger partial charge in [-0.3, -0.25) is 4.68 Å². The van der Waals surface area contributed by atoms with Gasteiger partial charge in [0.1, 0.15) is 17.2 Å². The molecule has 5 heteroatoms. The van der Waals surface area contributed by atoms with E-state index in [2.05, 4.69) is 10.1 Å². The van der Waals surface area contributed by atoms with E-state index < -0.39 is 0 Å². The molecule has 2 heterocycles. The van der Waals surface area contributed by atoms with Crippen molar-refractivity contribution in [3.05, 3.63) is 16.0 Å². The molecule has 0 aliphatic heterocycles. The Morgan fingerprint density at radius 3 is 2.57 bits per heavy atom. The first kappa shape index (κ1) is 9.21. The third-order valence-corrected chi connectivity index (χ3v) is 2.95. The van der Waals surface area contributed by atoms with Crippen molar-refractivity contribution in [2.45, 2.75) is 13.8 Å². The summed E-state index contributed by atoms with van der Waals surface area (Å²) in [6, 6.07) is 1.85. The summed E-state index contributed by atoms with van der Waals surface area (Å²) >= 11 is 1.68. The third-order valence-electron chi connectivity index (χ3n) is 2.06. The molecule has 14 heavy (non-hydrogen) atoms. The van der Waals surface area contributed by atoms with Crippen LogP contribution in [-0.2, 0) is 7.05 Å². The summed E-state index contributed by atoms with van der Waals surface area (Å²) in [6.45, 7) is 4.04. The van der Waals surface area contributed by atoms with Gasteiger partial charge in [-0.2, -0.15) is 5.10 Å². The molecule has 2 rings (SSSR count). The van der Waals surface area contributed by atoms with E-state index in [0.717, 1.165) is 16.4 Å². The zero-order chi connectivity index (χ0) is 10.3. The highest BCUT2D eigenvalue weighted by atomic mass is 32.1. The lowest BCUT2D eigenvalue weighted by atomic mass is 10.3. The molecule has 0 aliphatic carbocycles. The smallest absolute Gasteiger partial charge is 0.122 e. The lowest BCUT2D eigenvalue weighted by molar-refractivity contribution is 0.781. The number of thiazole rings is 1. The average Bonchev–Trinajstić information content (AvgIpc) is 2.57. The Labute approximate surface area is 86.4 Å². The van der Waals surface area contributed by atoms with Gasteiger partial charge in [0.15, 0.2) is 0 Å². The largest absolute Gasteiger partial charge is 0.384 e. The molecule has 0 fully saturated rings. The van der Waals surface area contributed by atoms with Crippen LogP contribution in [0.15, 0.2) is 6.07 Å². The highest BCUT2D eigenvalue weighted by Gasteiger charge is 2.11. The Morgan fingerprint density at radius 2 is 2.14 bits per heavy atom. The Hall–Kier alpha value is -1.36. The van der Waals surface area contributed by atoms with E-state index in [4.69, 9.17) is 5.73 Å². The molecular formula is C9H12N4S. The van der Waals surface area contributed by atoms with Gasteiger partial charge in [0.05, 0.1) is 5.01 Å². The van der Waals surface area contributed by atoms with Crippen LogP contribution in [-0.4, -0.2) is 14.8 Å². The molecule has 0 unspecified atom stereocenters. The minimum atomic E-state index is 0.657. The SMILES string of the molecule is Cc1nc(-c2cc(N)n(C)n2)c(C)s1. The van der Waals surface area contributed by atoms with Gasteiger partial charge < -0.3 is 5.73 Å². The van der Waals surface area contributed by atoms with Gasteiger partial charge in [0.2, 0.25) is 0 Å².